The lowest BCUT2D eigenvalue weighted by atomic mass is 10.2. The third-order valence-corrected chi connectivity index (χ3v) is 3.21. The van der Waals surface area contributed by atoms with E-state index in [9.17, 15) is 13.2 Å². The number of aliphatic imine (C=N–C) groups is 1. The number of nitriles is 1. The highest BCUT2D eigenvalue weighted by Crippen LogP contribution is 2.27. The predicted molar refractivity (Wildman–Crippen MR) is 72.3 cm³/mol. The number of thiophene rings is 1. The van der Waals surface area contributed by atoms with Crippen LogP contribution in [0.25, 0.3) is 0 Å². The minimum Gasteiger partial charge on any atom is -0.463 e. The fourth-order valence-corrected chi connectivity index (χ4v) is 2.07. The lowest BCUT2D eigenvalue weighted by Gasteiger charge is -2.06. The second-order valence-electron chi connectivity index (χ2n) is 3.82. The maximum atomic E-state index is 12.5. The summed E-state index contributed by atoms with van der Waals surface area (Å²) in [6.45, 7) is 0. The van der Waals surface area contributed by atoms with Gasteiger partial charge in [0, 0.05) is 0 Å². The molecule has 8 heteroatoms. The summed E-state index contributed by atoms with van der Waals surface area (Å²) in [6.07, 6.45) is -2.64. The first kappa shape index (κ1) is 14.9. The molecule has 2 N–H and O–H groups in total. The molecule has 2 rings (SSSR count). The van der Waals surface area contributed by atoms with E-state index in [0.717, 1.165) is 11.3 Å². The van der Waals surface area contributed by atoms with Crippen LogP contribution in [-0.4, -0.2) is 11.9 Å². The molecule has 21 heavy (non-hydrogen) atoms. The van der Waals surface area contributed by atoms with Crippen LogP contribution in [0.2, 0.25) is 0 Å². The van der Waals surface area contributed by atoms with Gasteiger partial charge >= 0.3 is 6.18 Å². The van der Waals surface area contributed by atoms with E-state index >= 15 is 0 Å². The van der Waals surface area contributed by atoms with Gasteiger partial charge < -0.3 is 10.2 Å². The second kappa shape index (κ2) is 5.85. The van der Waals surface area contributed by atoms with Crippen LogP contribution in [0, 0.1) is 11.3 Å². The molecule has 0 fully saturated rings. The van der Waals surface area contributed by atoms with Gasteiger partial charge in [0.25, 0.3) is 0 Å². The molecule has 0 aliphatic heterocycles. The number of halogens is 3. The van der Waals surface area contributed by atoms with Crippen molar-refractivity contribution in [3.8, 4) is 6.07 Å². The predicted octanol–water partition coefficient (Wildman–Crippen LogP) is 3.74. The maximum Gasteiger partial charge on any atom is 0.430 e. The Kier molecular flexibility index (Phi) is 4.14. The van der Waals surface area contributed by atoms with Gasteiger partial charge in [-0.05, 0) is 30.3 Å². The summed E-state index contributed by atoms with van der Waals surface area (Å²) in [6, 6.07) is 7.98. The molecule has 2 heterocycles. The summed E-state index contributed by atoms with van der Waals surface area (Å²) in [5, 5.41) is 9.11. The van der Waals surface area contributed by atoms with Crippen molar-refractivity contribution in [2.24, 2.45) is 10.7 Å². The minimum atomic E-state index is -4.65. The molecule has 0 aliphatic rings. The van der Waals surface area contributed by atoms with E-state index in [1.54, 1.807) is 0 Å². The lowest BCUT2D eigenvalue weighted by Crippen LogP contribution is -2.20. The maximum absolute atomic E-state index is 12.5. The quantitative estimate of drug-likeness (QED) is 0.877. The van der Waals surface area contributed by atoms with Crippen molar-refractivity contribution in [3.05, 3.63) is 52.9 Å². The zero-order valence-corrected chi connectivity index (χ0v) is 11.2. The van der Waals surface area contributed by atoms with Gasteiger partial charge in [-0.2, -0.15) is 18.4 Å². The Morgan fingerprint density at radius 3 is 2.67 bits per heavy atom. The Morgan fingerprint density at radius 1 is 1.38 bits per heavy atom. The Balaban J connectivity index is 2.45. The van der Waals surface area contributed by atoms with Crippen LogP contribution < -0.4 is 5.73 Å². The average Bonchev–Trinajstić information content (AvgIpc) is 3.07. The Bertz CT molecular complexity index is 721. The number of alkyl halides is 3. The zero-order chi connectivity index (χ0) is 15.5. The molecule has 0 saturated carbocycles. The van der Waals surface area contributed by atoms with Crippen molar-refractivity contribution in [2.75, 3.05) is 0 Å². The van der Waals surface area contributed by atoms with Crippen molar-refractivity contribution in [1.82, 2.24) is 0 Å². The van der Waals surface area contributed by atoms with Gasteiger partial charge in [-0.1, -0.05) is 0 Å². The number of allylic oxidation sites excluding steroid dienone is 2. The molecular formula is C13H8F3N3OS. The van der Waals surface area contributed by atoms with E-state index in [4.69, 9.17) is 15.4 Å². The molecule has 108 valence electrons. The van der Waals surface area contributed by atoms with E-state index in [-0.39, 0.29) is 11.5 Å². The van der Waals surface area contributed by atoms with Crippen LogP contribution >= 0.6 is 11.3 Å². The fourth-order valence-electron chi connectivity index (χ4n) is 1.38. The summed E-state index contributed by atoms with van der Waals surface area (Å²) >= 11 is 1.05. The third-order valence-electron chi connectivity index (χ3n) is 2.33. The van der Waals surface area contributed by atoms with Crippen molar-refractivity contribution >= 4 is 22.0 Å². The fraction of sp³-hybridized carbons (Fsp3) is 0.0769. The molecule has 0 atom stereocenters. The molecule has 0 spiro atoms. The average molecular weight is 311 g/mol. The normalized spacial score (nSPS) is 13.2. The minimum absolute atomic E-state index is 0.0684. The van der Waals surface area contributed by atoms with Gasteiger partial charge in [-0.15, -0.1) is 11.3 Å². The summed E-state index contributed by atoms with van der Waals surface area (Å²) in [7, 11) is 0. The van der Waals surface area contributed by atoms with Crippen LogP contribution in [0.5, 0.6) is 0 Å². The van der Waals surface area contributed by atoms with Crippen molar-refractivity contribution < 1.29 is 17.6 Å². The molecule has 0 bridgehead atoms. The van der Waals surface area contributed by atoms with Crippen LogP contribution in [-0.2, 0) is 0 Å². The molecule has 2 aromatic heterocycles. The van der Waals surface area contributed by atoms with Crippen molar-refractivity contribution in [1.29, 1.82) is 5.26 Å². The largest absolute Gasteiger partial charge is 0.463 e. The van der Waals surface area contributed by atoms with Crippen molar-refractivity contribution in [2.45, 2.75) is 6.18 Å². The molecule has 0 radical (unpaired) electrons. The highest BCUT2D eigenvalue weighted by molar-refractivity contribution is 7.16. The monoisotopic (exact) mass is 311 g/mol. The smallest absolute Gasteiger partial charge is 0.430 e. The topological polar surface area (TPSA) is 75.3 Å². The van der Waals surface area contributed by atoms with Gasteiger partial charge in [-0.3, -0.25) is 0 Å². The van der Waals surface area contributed by atoms with Gasteiger partial charge in [0.2, 0.25) is 0 Å². The summed E-state index contributed by atoms with van der Waals surface area (Å²) in [5.41, 5.74) is 3.66. The Morgan fingerprint density at radius 2 is 2.14 bits per heavy atom. The number of nitrogens with two attached hydrogens (primary N) is 1. The molecule has 0 amide bonds. The SMILES string of the molecule is N#Cc1ccc(N=C(C=C(N)C(F)(F)F)c2ccco2)s1. The summed E-state index contributed by atoms with van der Waals surface area (Å²) in [5.74, 6) is 0.147. The van der Waals surface area contributed by atoms with Crippen LogP contribution in [0.4, 0.5) is 18.2 Å². The van der Waals surface area contributed by atoms with E-state index in [0.29, 0.717) is 16.0 Å². The highest BCUT2D eigenvalue weighted by atomic mass is 32.1. The molecule has 2 aromatic rings. The lowest BCUT2D eigenvalue weighted by molar-refractivity contribution is -0.0925. The number of nitrogens with zero attached hydrogens (tertiary/aromatic N) is 2. The first-order chi connectivity index (χ1) is 9.90. The van der Waals surface area contributed by atoms with Crippen LogP contribution in [0.15, 0.2) is 51.7 Å². The van der Waals surface area contributed by atoms with Gasteiger partial charge in [0.15, 0.2) is 5.76 Å². The molecule has 4 nitrogen and oxygen atoms in total. The van der Waals surface area contributed by atoms with E-state index < -0.39 is 11.9 Å². The van der Waals surface area contributed by atoms with Gasteiger partial charge in [0.1, 0.15) is 27.4 Å². The van der Waals surface area contributed by atoms with E-state index in [1.807, 2.05) is 6.07 Å². The van der Waals surface area contributed by atoms with Crippen LogP contribution in [0.1, 0.15) is 10.6 Å². The first-order valence-corrected chi connectivity index (χ1v) is 6.38. The first-order valence-electron chi connectivity index (χ1n) is 5.57. The Hall–Kier alpha value is -2.53. The third kappa shape index (κ3) is 3.73. The molecule has 0 aliphatic carbocycles. The zero-order valence-electron chi connectivity index (χ0n) is 10.4. The molecule has 0 saturated heterocycles. The molecule has 0 aromatic carbocycles. The number of rotatable bonds is 3. The summed E-state index contributed by atoms with van der Waals surface area (Å²) < 4.78 is 42.6. The van der Waals surface area contributed by atoms with Crippen LogP contribution in [0.3, 0.4) is 0 Å². The van der Waals surface area contributed by atoms with Gasteiger partial charge in [-0.25, -0.2) is 4.99 Å². The summed E-state index contributed by atoms with van der Waals surface area (Å²) in [4.78, 5) is 4.46. The Labute approximate surface area is 121 Å². The highest BCUT2D eigenvalue weighted by Gasteiger charge is 2.32. The van der Waals surface area contributed by atoms with E-state index in [2.05, 4.69) is 4.99 Å². The number of furan rings is 1. The van der Waals surface area contributed by atoms with Crippen molar-refractivity contribution in [3.63, 3.8) is 0 Å². The van der Waals surface area contributed by atoms with E-state index in [1.165, 1.54) is 30.5 Å². The second-order valence-corrected chi connectivity index (χ2v) is 4.88. The van der Waals surface area contributed by atoms with Gasteiger partial charge in [0.05, 0.1) is 6.26 Å². The number of hydrogen-bond donors (Lipinski definition) is 1. The number of hydrogen-bond acceptors (Lipinski definition) is 5. The standard InChI is InChI=1S/C13H8F3N3OS/c14-13(15,16)11(18)6-9(10-2-1-5-20-10)19-12-4-3-8(7-17)21-12/h1-6H,18H2. The molecule has 0 unspecified atom stereocenters. The molecular weight excluding hydrogens is 303 g/mol.